The van der Waals surface area contributed by atoms with E-state index in [2.05, 4.69) is 35.6 Å². The summed E-state index contributed by atoms with van der Waals surface area (Å²) < 4.78 is 30.5. The summed E-state index contributed by atoms with van der Waals surface area (Å²) in [5.41, 5.74) is -0.132. The van der Waals surface area contributed by atoms with Crippen LogP contribution in [0.4, 0.5) is 4.39 Å². The SMILES string of the molecule is COCOc1cccc(OC(=O)c2c(F)cccc2Br)c1[Si](C)(C)C. The van der Waals surface area contributed by atoms with Crippen LogP contribution in [0.2, 0.25) is 19.6 Å². The molecule has 0 saturated carbocycles. The van der Waals surface area contributed by atoms with E-state index >= 15 is 0 Å². The van der Waals surface area contributed by atoms with E-state index in [1.807, 2.05) is 6.07 Å². The van der Waals surface area contributed by atoms with Crippen molar-refractivity contribution in [3.8, 4) is 11.5 Å². The van der Waals surface area contributed by atoms with Crippen molar-refractivity contribution in [2.75, 3.05) is 13.9 Å². The molecule has 0 fully saturated rings. The minimum absolute atomic E-state index is 0.0910. The number of carbonyl (C=O) groups excluding carboxylic acids is 1. The van der Waals surface area contributed by atoms with Crippen molar-refractivity contribution in [2.45, 2.75) is 19.6 Å². The van der Waals surface area contributed by atoms with Gasteiger partial charge < -0.3 is 14.2 Å². The van der Waals surface area contributed by atoms with Gasteiger partial charge in [-0.1, -0.05) is 31.8 Å². The zero-order valence-corrected chi connectivity index (χ0v) is 17.1. The van der Waals surface area contributed by atoms with E-state index in [0.29, 0.717) is 16.0 Å². The lowest BCUT2D eigenvalue weighted by Gasteiger charge is -2.23. The van der Waals surface area contributed by atoms with Crippen LogP contribution in [0.5, 0.6) is 11.5 Å². The fourth-order valence-corrected chi connectivity index (χ4v) is 4.69. The van der Waals surface area contributed by atoms with E-state index in [1.54, 1.807) is 18.2 Å². The Bertz CT molecular complexity index is 754. The zero-order chi connectivity index (χ0) is 18.6. The molecule has 0 aliphatic carbocycles. The molecule has 0 unspecified atom stereocenters. The number of ether oxygens (including phenoxy) is 3. The lowest BCUT2D eigenvalue weighted by Crippen LogP contribution is -2.40. The molecular formula is C18H20BrFO4Si. The van der Waals surface area contributed by atoms with Crippen LogP contribution in [0, 0.1) is 5.82 Å². The summed E-state index contributed by atoms with van der Waals surface area (Å²) in [4.78, 5) is 12.5. The molecule has 2 aromatic carbocycles. The van der Waals surface area contributed by atoms with Gasteiger partial charge in [0.25, 0.3) is 0 Å². The first-order valence-corrected chi connectivity index (χ1v) is 12.0. The maximum atomic E-state index is 14.0. The normalized spacial score (nSPS) is 11.3. The number of carbonyl (C=O) groups is 1. The second kappa shape index (κ2) is 8.12. The van der Waals surface area contributed by atoms with Gasteiger partial charge in [-0.05, 0) is 40.2 Å². The average molecular weight is 427 g/mol. The quantitative estimate of drug-likeness (QED) is 0.298. The third-order valence-electron chi connectivity index (χ3n) is 3.44. The Morgan fingerprint density at radius 3 is 2.36 bits per heavy atom. The number of hydrogen-bond acceptors (Lipinski definition) is 4. The Morgan fingerprint density at radius 2 is 1.76 bits per heavy atom. The highest BCUT2D eigenvalue weighted by Crippen LogP contribution is 2.26. The molecule has 4 nitrogen and oxygen atoms in total. The molecule has 0 atom stereocenters. The third kappa shape index (κ3) is 4.68. The number of halogens is 2. The molecule has 0 heterocycles. The first kappa shape index (κ1) is 19.6. The van der Waals surface area contributed by atoms with Gasteiger partial charge in [-0.25, -0.2) is 9.18 Å². The molecule has 0 spiro atoms. The van der Waals surface area contributed by atoms with Crippen LogP contribution in [0.1, 0.15) is 10.4 Å². The minimum Gasteiger partial charge on any atom is -0.468 e. The Morgan fingerprint density at radius 1 is 1.12 bits per heavy atom. The number of esters is 1. The van der Waals surface area contributed by atoms with E-state index in [9.17, 15) is 9.18 Å². The number of hydrogen-bond donors (Lipinski definition) is 0. The highest BCUT2D eigenvalue weighted by atomic mass is 79.9. The molecular weight excluding hydrogens is 407 g/mol. The number of rotatable bonds is 6. The largest absolute Gasteiger partial charge is 0.468 e. The molecule has 0 radical (unpaired) electrons. The predicted octanol–water partition coefficient (Wildman–Crippen LogP) is 4.34. The lowest BCUT2D eigenvalue weighted by molar-refractivity contribution is 0.0516. The molecule has 0 aromatic heterocycles. The summed E-state index contributed by atoms with van der Waals surface area (Å²) in [6.45, 7) is 6.42. The molecule has 0 amide bonds. The smallest absolute Gasteiger partial charge is 0.347 e. The first-order valence-electron chi connectivity index (χ1n) is 7.67. The van der Waals surface area contributed by atoms with Crippen molar-refractivity contribution >= 4 is 35.2 Å². The van der Waals surface area contributed by atoms with E-state index in [1.165, 1.54) is 19.2 Å². The van der Waals surface area contributed by atoms with Crippen LogP contribution in [0.3, 0.4) is 0 Å². The summed E-state index contributed by atoms with van der Waals surface area (Å²) in [5, 5.41) is 0.841. The first-order chi connectivity index (χ1) is 11.8. The van der Waals surface area contributed by atoms with Crippen molar-refractivity contribution in [1.82, 2.24) is 0 Å². The van der Waals surface area contributed by atoms with Crippen molar-refractivity contribution in [2.24, 2.45) is 0 Å². The van der Waals surface area contributed by atoms with Gasteiger partial charge in [-0.15, -0.1) is 0 Å². The molecule has 0 bridgehead atoms. The van der Waals surface area contributed by atoms with Gasteiger partial charge >= 0.3 is 5.97 Å². The van der Waals surface area contributed by atoms with Crippen molar-refractivity contribution < 1.29 is 23.4 Å². The third-order valence-corrected chi connectivity index (χ3v) is 6.09. The molecule has 134 valence electrons. The van der Waals surface area contributed by atoms with Crippen LogP contribution in [0.15, 0.2) is 40.9 Å². The summed E-state index contributed by atoms with van der Waals surface area (Å²) >= 11 is 3.19. The van der Waals surface area contributed by atoms with E-state index in [-0.39, 0.29) is 12.4 Å². The maximum Gasteiger partial charge on any atom is 0.347 e. The fraction of sp³-hybridized carbons (Fsp3) is 0.278. The van der Waals surface area contributed by atoms with Gasteiger partial charge in [0.1, 0.15) is 22.9 Å². The molecule has 0 saturated heterocycles. The van der Waals surface area contributed by atoms with Crippen LogP contribution in [-0.2, 0) is 4.74 Å². The van der Waals surface area contributed by atoms with Crippen molar-refractivity contribution in [3.05, 3.63) is 52.3 Å². The summed E-state index contributed by atoms with van der Waals surface area (Å²) in [6, 6.07) is 9.56. The van der Waals surface area contributed by atoms with Gasteiger partial charge in [-0.2, -0.15) is 0 Å². The van der Waals surface area contributed by atoms with Crippen LogP contribution >= 0.6 is 15.9 Å². The predicted molar refractivity (Wildman–Crippen MR) is 101 cm³/mol. The molecule has 0 N–H and O–H groups in total. The summed E-state index contributed by atoms with van der Waals surface area (Å²) in [7, 11) is -0.395. The van der Waals surface area contributed by atoms with Gasteiger partial charge in [0.2, 0.25) is 0 Å². The number of methoxy groups -OCH3 is 1. The standard InChI is InChI=1S/C18H20BrFO4Si/c1-22-11-23-14-9-6-10-15(17(14)25(2,3)4)24-18(21)16-12(19)7-5-8-13(16)20/h5-10H,11H2,1-4H3. The molecule has 2 aromatic rings. The number of benzene rings is 2. The molecule has 25 heavy (non-hydrogen) atoms. The summed E-state index contributed by atoms with van der Waals surface area (Å²) in [5.74, 6) is -0.402. The van der Waals surface area contributed by atoms with E-state index in [4.69, 9.17) is 14.2 Å². The van der Waals surface area contributed by atoms with Crippen molar-refractivity contribution in [1.29, 1.82) is 0 Å². The summed E-state index contributed by atoms with van der Waals surface area (Å²) in [6.07, 6.45) is 0. The van der Waals surface area contributed by atoms with Crippen molar-refractivity contribution in [3.63, 3.8) is 0 Å². The molecule has 0 aliphatic heterocycles. The Hall–Kier alpha value is -1.70. The Balaban J connectivity index is 2.44. The van der Waals surface area contributed by atoms with Gasteiger partial charge in [-0.3, -0.25) is 0 Å². The highest BCUT2D eigenvalue weighted by Gasteiger charge is 2.28. The minimum atomic E-state index is -1.93. The second-order valence-electron chi connectivity index (χ2n) is 6.42. The molecule has 0 aliphatic rings. The zero-order valence-electron chi connectivity index (χ0n) is 14.6. The Kier molecular flexibility index (Phi) is 6.37. The lowest BCUT2D eigenvalue weighted by atomic mass is 10.2. The van der Waals surface area contributed by atoms with Crippen LogP contribution in [0.25, 0.3) is 0 Å². The molecule has 2 rings (SSSR count). The Labute approximate surface area is 156 Å². The topological polar surface area (TPSA) is 44.8 Å². The monoisotopic (exact) mass is 426 g/mol. The van der Waals surface area contributed by atoms with Crippen LogP contribution in [-0.4, -0.2) is 27.9 Å². The van der Waals surface area contributed by atoms with E-state index < -0.39 is 19.9 Å². The average Bonchev–Trinajstić information content (AvgIpc) is 2.51. The second-order valence-corrected chi connectivity index (χ2v) is 12.3. The van der Waals surface area contributed by atoms with Crippen LogP contribution < -0.4 is 14.7 Å². The maximum absolute atomic E-state index is 14.0. The van der Waals surface area contributed by atoms with Gasteiger partial charge in [0, 0.05) is 16.8 Å². The van der Waals surface area contributed by atoms with E-state index in [0.717, 1.165) is 5.19 Å². The van der Waals surface area contributed by atoms with Gasteiger partial charge in [0.05, 0.1) is 8.07 Å². The highest BCUT2D eigenvalue weighted by molar-refractivity contribution is 9.10. The fourth-order valence-electron chi connectivity index (χ4n) is 2.42. The van der Waals surface area contributed by atoms with Gasteiger partial charge in [0.15, 0.2) is 6.79 Å². The molecule has 7 heteroatoms.